The molecule has 3 rings (SSSR count). The Morgan fingerprint density at radius 1 is 1.12 bits per heavy atom. The van der Waals surface area contributed by atoms with Gasteiger partial charge in [-0.3, -0.25) is 0 Å². The highest BCUT2D eigenvalue weighted by molar-refractivity contribution is 7.89. The van der Waals surface area contributed by atoms with E-state index in [2.05, 4.69) is 22.0 Å². The zero-order valence-electron chi connectivity index (χ0n) is 14.5. The summed E-state index contributed by atoms with van der Waals surface area (Å²) in [4.78, 5) is 2.62. The van der Waals surface area contributed by atoms with E-state index in [1.165, 1.54) is 25.7 Å². The van der Waals surface area contributed by atoms with Gasteiger partial charge in [0.25, 0.3) is 0 Å². The molecule has 2 N–H and O–H groups in total. The fourth-order valence-electron chi connectivity index (χ4n) is 3.77. The Morgan fingerprint density at radius 2 is 1.75 bits per heavy atom. The smallest absolute Gasteiger partial charge is 0.241 e. The van der Waals surface area contributed by atoms with Crippen molar-refractivity contribution in [2.75, 3.05) is 26.7 Å². The first-order valence-electron chi connectivity index (χ1n) is 9.00. The average molecular weight is 352 g/mol. The molecule has 1 aliphatic heterocycles. The van der Waals surface area contributed by atoms with Crippen molar-refractivity contribution >= 4 is 10.0 Å². The molecule has 0 amide bonds. The van der Waals surface area contributed by atoms with Crippen LogP contribution in [0.2, 0.25) is 0 Å². The molecule has 24 heavy (non-hydrogen) atoms. The van der Waals surface area contributed by atoms with Gasteiger partial charge in [-0.05, 0) is 58.0 Å². The molecule has 0 atom stereocenters. The van der Waals surface area contributed by atoms with Gasteiger partial charge in [0.2, 0.25) is 10.0 Å². The fourth-order valence-corrected chi connectivity index (χ4v) is 5.25. The van der Waals surface area contributed by atoms with Crippen molar-refractivity contribution in [3.8, 4) is 0 Å². The standard InChI is InChI=1S/C18H29N3O2S/c1-21-13-11-18(12-14-21,15-19-16-7-5-6-8-16)20-24(22,23)17-9-3-2-4-10-17/h2-4,9-10,16,19-20H,5-8,11-15H2,1H3. The van der Waals surface area contributed by atoms with Crippen LogP contribution in [-0.4, -0.2) is 51.6 Å². The first-order chi connectivity index (χ1) is 11.5. The molecule has 1 aromatic rings. The summed E-state index contributed by atoms with van der Waals surface area (Å²) in [7, 11) is -1.39. The van der Waals surface area contributed by atoms with E-state index in [1.807, 2.05) is 6.07 Å². The number of likely N-dealkylation sites (tertiary alicyclic amines) is 1. The summed E-state index contributed by atoms with van der Waals surface area (Å²) in [6.07, 6.45) is 6.67. The molecule has 2 aliphatic rings. The topological polar surface area (TPSA) is 61.4 Å². The number of hydrogen-bond acceptors (Lipinski definition) is 4. The largest absolute Gasteiger partial charge is 0.312 e. The Hall–Kier alpha value is -0.950. The van der Waals surface area contributed by atoms with Gasteiger partial charge in [-0.15, -0.1) is 0 Å². The predicted molar refractivity (Wildman–Crippen MR) is 96.5 cm³/mol. The lowest BCUT2D eigenvalue weighted by Gasteiger charge is -2.41. The Morgan fingerprint density at radius 3 is 2.38 bits per heavy atom. The average Bonchev–Trinajstić information content (AvgIpc) is 3.10. The molecule has 6 heteroatoms. The summed E-state index contributed by atoms with van der Waals surface area (Å²) >= 11 is 0. The van der Waals surface area contributed by atoms with Crippen LogP contribution in [0.5, 0.6) is 0 Å². The van der Waals surface area contributed by atoms with Crippen LogP contribution in [0, 0.1) is 0 Å². The van der Waals surface area contributed by atoms with Crippen LogP contribution < -0.4 is 10.0 Å². The van der Waals surface area contributed by atoms with Gasteiger partial charge in [-0.1, -0.05) is 31.0 Å². The molecule has 0 unspecified atom stereocenters. The molecular formula is C18H29N3O2S. The first-order valence-corrected chi connectivity index (χ1v) is 10.5. The number of nitrogens with zero attached hydrogens (tertiary/aromatic N) is 1. The summed E-state index contributed by atoms with van der Waals surface area (Å²) in [5.74, 6) is 0. The van der Waals surface area contributed by atoms with Gasteiger partial charge in [0.1, 0.15) is 0 Å². The normalized spacial score (nSPS) is 22.7. The van der Waals surface area contributed by atoms with Crippen molar-refractivity contribution in [2.24, 2.45) is 0 Å². The second kappa shape index (κ2) is 7.52. The number of nitrogens with one attached hydrogen (secondary N) is 2. The number of piperidine rings is 1. The molecule has 2 fully saturated rings. The fraction of sp³-hybridized carbons (Fsp3) is 0.667. The van der Waals surface area contributed by atoms with Crippen molar-refractivity contribution in [1.82, 2.24) is 14.9 Å². The second-order valence-electron chi connectivity index (χ2n) is 7.36. The van der Waals surface area contributed by atoms with E-state index in [-0.39, 0.29) is 5.54 Å². The van der Waals surface area contributed by atoms with Crippen LogP contribution >= 0.6 is 0 Å². The zero-order valence-corrected chi connectivity index (χ0v) is 15.3. The Bertz CT molecular complexity index is 619. The molecule has 1 aromatic carbocycles. The third kappa shape index (κ3) is 4.36. The van der Waals surface area contributed by atoms with Gasteiger partial charge in [-0.25, -0.2) is 13.1 Å². The van der Waals surface area contributed by atoms with Crippen molar-refractivity contribution in [1.29, 1.82) is 0 Å². The quantitative estimate of drug-likeness (QED) is 0.822. The maximum Gasteiger partial charge on any atom is 0.241 e. The van der Waals surface area contributed by atoms with E-state index in [4.69, 9.17) is 0 Å². The molecule has 1 saturated heterocycles. The highest BCUT2D eigenvalue weighted by Gasteiger charge is 2.38. The lowest BCUT2D eigenvalue weighted by Crippen LogP contribution is -2.60. The Labute approximate surface area is 145 Å². The van der Waals surface area contributed by atoms with Crippen LogP contribution in [-0.2, 0) is 10.0 Å². The van der Waals surface area contributed by atoms with Crippen LogP contribution in [0.4, 0.5) is 0 Å². The molecule has 0 spiro atoms. The molecule has 5 nitrogen and oxygen atoms in total. The minimum atomic E-state index is -3.49. The summed E-state index contributed by atoms with van der Waals surface area (Å²) in [5, 5.41) is 3.64. The number of sulfonamides is 1. The summed E-state index contributed by atoms with van der Waals surface area (Å²) in [6.45, 7) is 2.56. The molecule has 0 aromatic heterocycles. The molecule has 0 bridgehead atoms. The van der Waals surface area contributed by atoms with E-state index in [9.17, 15) is 8.42 Å². The second-order valence-corrected chi connectivity index (χ2v) is 9.05. The van der Waals surface area contributed by atoms with Crippen LogP contribution in [0.1, 0.15) is 38.5 Å². The van der Waals surface area contributed by atoms with E-state index < -0.39 is 10.0 Å². The third-order valence-electron chi connectivity index (χ3n) is 5.43. The SMILES string of the molecule is CN1CCC(CNC2CCCC2)(NS(=O)(=O)c2ccccc2)CC1. The van der Waals surface area contributed by atoms with Gasteiger partial charge in [0.15, 0.2) is 0 Å². The molecule has 0 radical (unpaired) electrons. The maximum atomic E-state index is 12.8. The van der Waals surface area contributed by atoms with E-state index in [1.54, 1.807) is 24.3 Å². The molecule has 134 valence electrons. The molecule has 1 heterocycles. The molecule has 1 aliphatic carbocycles. The van der Waals surface area contributed by atoms with Crippen molar-refractivity contribution in [3.05, 3.63) is 30.3 Å². The van der Waals surface area contributed by atoms with Gasteiger partial charge in [-0.2, -0.15) is 0 Å². The monoisotopic (exact) mass is 351 g/mol. The van der Waals surface area contributed by atoms with Crippen LogP contribution in [0.25, 0.3) is 0 Å². The summed E-state index contributed by atoms with van der Waals surface area (Å²) in [6, 6.07) is 9.25. The highest BCUT2D eigenvalue weighted by Crippen LogP contribution is 2.25. The van der Waals surface area contributed by atoms with E-state index >= 15 is 0 Å². The zero-order chi connectivity index (χ0) is 17.0. The van der Waals surface area contributed by atoms with E-state index in [0.717, 1.165) is 32.5 Å². The first kappa shape index (κ1) is 17.9. The number of benzene rings is 1. The maximum absolute atomic E-state index is 12.8. The Kier molecular flexibility index (Phi) is 5.59. The van der Waals surface area contributed by atoms with Crippen molar-refractivity contribution < 1.29 is 8.42 Å². The predicted octanol–water partition coefficient (Wildman–Crippen LogP) is 1.96. The minimum Gasteiger partial charge on any atom is -0.312 e. The highest BCUT2D eigenvalue weighted by atomic mass is 32.2. The molecular weight excluding hydrogens is 322 g/mol. The number of rotatable bonds is 6. The van der Waals surface area contributed by atoms with Gasteiger partial charge < -0.3 is 10.2 Å². The Balaban J connectivity index is 1.74. The minimum absolute atomic E-state index is 0.351. The van der Waals surface area contributed by atoms with Gasteiger partial charge in [0, 0.05) is 18.1 Å². The lowest BCUT2D eigenvalue weighted by atomic mass is 9.88. The summed E-state index contributed by atoms with van der Waals surface area (Å²) < 4.78 is 28.7. The van der Waals surface area contributed by atoms with E-state index in [0.29, 0.717) is 10.9 Å². The lowest BCUT2D eigenvalue weighted by molar-refractivity contribution is 0.170. The summed E-state index contributed by atoms with van der Waals surface area (Å²) in [5.41, 5.74) is -0.385. The molecule has 1 saturated carbocycles. The van der Waals surface area contributed by atoms with Crippen LogP contribution in [0.3, 0.4) is 0 Å². The van der Waals surface area contributed by atoms with Crippen molar-refractivity contribution in [3.63, 3.8) is 0 Å². The van der Waals surface area contributed by atoms with Gasteiger partial charge in [0.05, 0.1) is 4.90 Å². The van der Waals surface area contributed by atoms with Crippen molar-refractivity contribution in [2.45, 2.75) is 55.0 Å². The number of hydrogen-bond donors (Lipinski definition) is 2. The van der Waals surface area contributed by atoms with Gasteiger partial charge >= 0.3 is 0 Å². The van der Waals surface area contributed by atoms with Crippen LogP contribution in [0.15, 0.2) is 35.2 Å². The third-order valence-corrected chi connectivity index (χ3v) is 7.03.